The van der Waals surface area contributed by atoms with Crippen LogP contribution in [0, 0.1) is 0 Å². The van der Waals surface area contributed by atoms with E-state index >= 15 is 0 Å². The molecule has 0 unspecified atom stereocenters. The third-order valence-corrected chi connectivity index (χ3v) is 3.81. The molecule has 0 atom stereocenters. The smallest absolute Gasteiger partial charge is 0.137 e. The predicted molar refractivity (Wildman–Crippen MR) is 76.6 cm³/mol. The standard InChI is InChI=1S/C14H20N6/c1-11(2)14-16-7-13(8-17-14)19-5-3-12(4-6-19)20-10-15-9-18-20/h7-12H,3-6H2,1-2H3. The fraction of sp³-hybridized carbons (Fsp3) is 0.571. The van der Waals surface area contributed by atoms with E-state index in [2.05, 4.69) is 38.8 Å². The van der Waals surface area contributed by atoms with Crippen molar-refractivity contribution < 1.29 is 0 Å². The fourth-order valence-corrected chi connectivity index (χ4v) is 2.59. The van der Waals surface area contributed by atoms with Crippen molar-refractivity contribution >= 4 is 5.69 Å². The van der Waals surface area contributed by atoms with Crippen molar-refractivity contribution in [3.63, 3.8) is 0 Å². The largest absolute Gasteiger partial charge is 0.369 e. The molecule has 0 bridgehead atoms. The lowest BCUT2D eigenvalue weighted by Gasteiger charge is -2.33. The Bertz CT molecular complexity index is 525. The van der Waals surface area contributed by atoms with E-state index in [0.717, 1.165) is 37.4 Å². The fourth-order valence-electron chi connectivity index (χ4n) is 2.59. The highest BCUT2D eigenvalue weighted by Gasteiger charge is 2.21. The summed E-state index contributed by atoms with van der Waals surface area (Å²) < 4.78 is 1.97. The Balaban J connectivity index is 1.63. The van der Waals surface area contributed by atoms with Gasteiger partial charge < -0.3 is 4.90 Å². The molecule has 0 radical (unpaired) electrons. The summed E-state index contributed by atoms with van der Waals surface area (Å²) in [6.45, 7) is 6.24. The molecule has 1 saturated heterocycles. The van der Waals surface area contributed by atoms with E-state index in [1.165, 1.54) is 0 Å². The lowest BCUT2D eigenvalue weighted by Crippen LogP contribution is -2.35. The van der Waals surface area contributed by atoms with Crippen molar-refractivity contribution in [3.8, 4) is 0 Å². The molecule has 1 fully saturated rings. The summed E-state index contributed by atoms with van der Waals surface area (Å²) in [6, 6.07) is 0.463. The molecule has 1 aliphatic heterocycles. The van der Waals surface area contributed by atoms with Gasteiger partial charge in [0.2, 0.25) is 0 Å². The van der Waals surface area contributed by atoms with Crippen LogP contribution in [-0.4, -0.2) is 37.8 Å². The van der Waals surface area contributed by atoms with E-state index in [9.17, 15) is 0 Å². The van der Waals surface area contributed by atoms with E-state index in [1.807, 2.05) is 17.1 Å². The first kappa shape index (κ1) is 13.0. The molecule has 0 N–H and O–H groups in total. The highest BCUT2D eigenvalue weighted by Crippen LogP contribution is 2.25. The highest BCUT2D eigenvalue weighted by molar-refractivity contribution is 5.42. The lowest BCUT2D eigenvalue weighted by atomic mass is 10.1. The average molecular weight is 272 g/mol. The summed E-state index contributed by atoms with van der Waals surface area (Å²) >= 11 is 0. The molecular weight excluding hydrogens is 252 g/mol. The number of anilines is 1. The van der Waals surface area contributed by atoms with Gasteiger partial charge in [0.1, 0.15) is 18.5 Å². The van der Waals surface area contributed by atoms with E-state index < -0.39 is 0 Å². The Morgan fingerprint density at radius 3 is 2.40 bits per heavy atom. The first-order valence-corrected chi connectivity index (χ1v) is 7.15. The van der Waals surface area contributed by atoms with Gasteiger partial charge in [0.15, 0.2) is 0 Å². The van der Waals surface area contributed by atoms with Gasteiger partial charge in [0.25, 0.3) is 0 Å². The summed E-state index contributed by atoms with van der Waals surface area (Å²) in [5.41, 5.74) is 1.12. The molecule has 3 heterocycles. The van der Waals surface area contributed by atoms with Crippen LogP contribution in [0.15, 0.2) is 25.0 Å². The van der Waals surface area contributed by atoms with Gasteiger partial charge in [-0.3, -0.25) is 0 Å². The summed E-state index contributed by atoms with van der Waals surface area (Å²) in [5.74, 6) is 1.29. The van der Waals surface area contributed by atoms with Crippen LogP contribution in [0.25, 0.3) is 0 Å². The normalized spacial score (nSPS) is 16.9. The van der Waals surface area contributed by atoms with Gasteiger partial charge in [-0.1, -0.05) is 13.8 Å². The van der Waals surface area contributed by atoms with Crippen molar-refractivity contribution in [2.45, 2.75) is 38.6 Å². The summed E-state index contributed by atoms with van der Waals surface area (Å²) in [6.07, 6.45) is 9.45. The molecule has 6 nitrogen and oxygen atoms in total. The summed E-state index contributed by atoms with van der Waals surface area (Å²) in [4.78, 5) is 15.2. The zero-order valence-corrected chi connectivity index (χ0v) is 12.0. The molecule has 0 aromatic carbocycles. The number of hydrogen-bond acceptors (Lipinski definition) is 5. The zero-order chi connectivity index (χ0) is 13.9. The van der Waals surface area contributed by atoms with Crippen LogP contribution in [0.3, 0.4) is 0 Å². The highest BCUT2D eigenvalue weighted by atomic mass is 15.3. The summed E-state index contributed by atoms with van der Waals surface area (Å²) in [5, 5.41) is 4.23. The van der Waals surface area contributed by atoms with Crippen molar-refractivity contribution in [3.05, 3.63) is 30.9 Å². The molecular formula is C14H20N6. The Labute approximate surface area is 118 Å². The molecule has 6 heteroatoms. The van der Waals surface area contributed by atoms with Crippen LogP contribution in [0.1, 0.15) is 44.5 Å². The molecule has 0 aliphatic carbocycles. The minimum atomic E-state index is 0.377. The molecule has 3 rings (SSSR count). The molecule has 20 heavy (non-hydrogen) atoms. The predicted octanol–water partition coefficient (Wildman–Crippen LogP) is 2.03. The molecule has 0 saturated carbocycles. The molecule has 2 aromatic heterocycles. The van der Waals surface area contributed by atoms with Crippen molar-refractivity contribution in [1.29, 1.82) is 0 Å². The van der Waals surface area contributed by atoms with E-state index in [0.29, 0.717) is 12.0 Å². The Morgan fingerprint density at radius 2 is 1.85 bits per heavy atom. The number of nitrogens with zero attached hydrogens (tertiary/aromatic N) is 6. The minimum Gasteiger partial charge on any atom is -0.369 e. The maximum absolute atomic E-state index is 4.44. The topological polar surface area (TPSA) is 59.7 Å². The Kier molecular flexibility index (Phi) is 3.62. The van der Waals surface area contributed by atoms with Crippen LogP contribution in [-0.2, 0) is 0 Å². The number of rotatable bonds is 3. The molecule has 106 valence electrons. The quantitative estimate of drug-likeness (QED) is 0.855. The SMILES string of the molecule is CC(C)c1ncc(N2CCC(n3cncn3)CC2)cn1. The second-order valence-corrected chi connectivity index (χ2v) is 5.55. The molecule has 0 spiro atoms. The average Bonchev–Trinajstić information content (AvgIpc) is 3.02. The number of hydrogen-bond donors (Lipinski definition) is 0. The molecule has 0 amide bonds. The van der Waals surface area contributed by atoms with Crippen LogP contribution < -0.4 is 4.90 Å². The molecule has 2 aromatic rings. The van der Waals surface area contributed by atoms with Crippen molar-refractivity contribution in [2.24, 2.45) is 0 Å². The van der Waals surface area contributed by atoms with Gasteiger partial charge in [-0.2, -0.15) is 5.10 Å². The van der Waals surface area contributed by atoms with Crippen LogP contribution in [0.2, 0.25) is 0 Å². The number of piperidine rings is 1. The third-order valence-electron chi connectivity index (χ3n) is 3.81. The van der Waals surface area contributed by atoms with Crippen LogP contribution in [0.4, 0.5) is 5.69 Å². The second kappa shape index (κ2) is 5.56. The van der Waals surface area contributed by atoms with Gasteiger partial charge in [-0.05, 0) is 12.8 Å². The van der Waals surface area contributed by atoms with Gasteiger partial charge in [0, 0.05) is 19.0 Å². The van der Waals surface area contributed by atoms with Crippen molar-refractivity contribution in [2.75, 3.05) is 18.0 Å². The first-order chi connectivity index (χ1) is 9.74. The Hall–Kier alpha value is -1.98. The lowest BCUT2D eigenvalue weighted by molar-refractivity contribution is 0.366. The van der Waals surface area contributed by atoms with Gasteiger partial charge >= 0.3 is 0 Å². The maximum Gasteiger partial charge on any atom is 0.137 e. The van der Waals surface area contributed by atoms with Gasteiger partial charge in [0.05, 0.1) is 24.1 Å². The number of aromatic nitrogens is 5. The van der Waals surface area contributed by atoms with Gasteiger partial charge in [-0.15, -0.1) is 0 Å². The minimum absolute atomic E-state index is 0.377. The van der Waals surface area contributed by atoms with E-state index in [-0.39, 0.29) is 0 Å². The van der Waals surface area contributed by atoms with E-state index in [1.54, 1.807) is 12.7 Å². The van der Waals surface area contributed by atoms with Crippen LogP contribution in [0.5, 0.6) is 0 Å². The summed E-state index contributed by atoms with van der Waals surface area (Å²) in [7, 11) is 0. The molecule has 1 aliphatic rings. The Morgan fingerprint density at radius 1 is 1.15 bits per heavy atom. The van der Waals surface area contributed by atoms with Crippen LogP contribution >= 0.6 is 0 Å². The monoisotopic (exact) mass is 272 g/mol. The second-order valence-electron chi connectivity index (χ2n) is 5.55. The first-order valence-electron chi connectivity index (χ1n) is 7.15. The maximum atomic E-state index is 4.44. The van der Waals surface area contributed by atoms with Crippen molar-refractivity contribution in [1.82, 2.24) is 24.7 Å². The van der Waals surface area contributed by atoms with Gasteiger partial charge in [-0.25, -0.2) is 19.6 Å². The third kappa shape index (κ3) is 2.64. The van der Waals surface area contributed by atoms with E-state index in [4.69, 9.17) is 0 Å². The zero-order valence-electron chi connectivity index (χ0n) is 12.0.